The molecule has 2 N–H and O–H groups in total. The minimum atomic E-state index is 0.290. The van der Waals surface area contributed by atoms with Gasteiger partial charge in [0.1, 0.15) is 11.6 Å². The summed E-state index contributed by atoms with van der Waals surface area (Å²) in [5.74, 6) is 1.62. The molecule has 0 saturated heterocycles. The molecule has 0 aliphatic rings. The molecule has 0 aromatic carbocycles. The van der Waals surface area contributed by atoms with Gasteiger partial charge in [-0.25, -0.2) is 15.0 Å². The fourth-order valence-corrected chi connectivity index (χ4v) is 2.02. The van der Waals surface area contributed by atoms with Gasteiger partial charge in [-0.3, -0.25) is 0 Å². The van der Waals surface area contributed by atoms with Crippen LogP contribution in [0.2, 0.25) is 0 Å². The Kier molecular flexibility index (Phi) is 3.14. The molecule has 0 amide bonds. The maximum absolute atomic E-state index is 5.76. The Bertz CT molecular complexity index is 465. The third kappa shape index (κ3) is 2.55. The van der Waals surface area contributed by atoms with E-state index in [4.69, 9.17) is 5.73 Å². The molecule has 0 atom stereocenters. The van der Waals surface area contributed by atoms with Gasteiger partial charge in [-0.15, -0.1) is 11.3 Å². The Morgan fingerprint density at radius 3 is 2.81 bits per heavy atom. The largest absolute Gasteiger partial charge is 0.384 e. The lowest BCUT2D eigenvalue weighted by Gasteiger charge is -2.06. The highest BCUT2D eigenvalue weighted by Gasteiger charge is 2.07. The Labute approximate surface area is 98.6 Å². The van der Waals surface area contributed by atoms with Crippen molar-refractivity contribution >= 4 is 17.2 Å². The molecule has 16 heavy (non-hydrogen) atoms. The van der Waals surface area contributed by atoms with E-state index < -0.39 is 0 Å². The lowest BCUT2D eigenvalue weighted by Crippen LogP contribution is -2.05. The number of aromatic nitrogens is 3. The van der Waals surface area contributed by atoms with E-state index in [0.29, 0.717) is 11.7 Å². The summed E-state index contributed by atoms with van der Waals surface area (Å²) >= 11 is 1.63. The molecule has 4 nitrogen and oxygen atoms in total. The van der Waals surface area contributed by atoms with Gasteiger partial charge in [0.05, 0.1) is 10.7 Å². The van der Waals surface area contributed by atoms with Crippen molar-refractivity contribution in [3.05, 3.63) is 34.2 Å². The molecule has 0 aliphatic carbocycles. The van der Waals surface area contributed by atoms with Crippen LogP contribution in [0, 0.1) is 0 Å². The van der Waals surface area contributed by atoms with Gasteiger partial charge in [-0.2, -0.15) is 0 Å². The highest BCUT2D eigenvalue weighted by atomic mass is 32.1. The second-order valence-electron chi connectivity index (χ2n) is 3.90. The van der Waals surface area contributed by atoms with Crippen molar-refractivity contribution in [3.8, 4) is 0 Å². The Hall–Kier alpha value is -1.49. The van der Waals surface area contributed by atoms with Crippen LogP contribution in [0.5, 0.6) is 0 Å². The van der Waals surface area contributed by atoms with Gasteiger partial charge < -0.3 is 5.73 Å². The molecule has 0 bridgehead atoms. The van der Waals surface area contributed by atoms with Crippen molar-refractivity contribution in [3.63, 3.8) is 0 Å². The molecule has 0 unspecified atom stereocenters. The van der Waals surface area contributed by atoms with Gasteiger partial charge in [0.2, 0.25) is 0 Å². The van der Waals surface area contributed by atoms with Crippen LogP contribution in [0.3, 0.4) is 0 Å². The summed E-state index contributed by atoms with van der Waals surface area (Å²) in [4.78, 5) is 12.9. The maximum atomic E-state index is 5.76. The maximum Gasteiger partial charge on any atom is 0.133 e. The highest BCUT2D eigenvalue weighted by Crippen LogP contribution is 2.15. The van der Waals surface area contributed by atoms with Crippen LogP contribution in [0.4, 0.5) is 5.82 Å². The Morgan fingerprint density at radius 1 is 1.38 bits per heavy atom. The minimum Gasteiger partial charge on any atom is -0.384 e. The summed E-state index contributed by atoms with van der Waals surface area (Å²) in [6, 6.07) is 1.81. The molecular weight excluding hydrogens is 220 g/mol. The molecule has 2 heterocycles. The SMILES string of the molecule is CC(C)c1nc(N)cc(Cc2nccs2)n1. The summed E-state index contributed by atoms with van der Waals surface area (Å²) < 4.78 is 0. The average molecular weight is 234 g/mol. The van der Waals surface area contributed by atoms with Gasteiger partial charge in [0, 0.05) is 30.0 Å². The van der Waals surface area contributed by atoms with E-state index >= 15 is 0 Å². The zero-order valence-corrected chi connectivity index (χ0v) is 10.2. The van der Waals surface area contributed by atoms with Crippen molar-refractivity contribution in [2.24, 2.45) is 0 Å². The van der Waals surface area contributed by atoms with Crippen molar-refractivity contribution in [2.45, 2.75) is 26.2 Å². The van der Waals surface area contributed by atoms with Crippen molar-refractivity contribution < 1.29 is 0 Å². The quantitative estimate of drug-likeness (QED) is 0.884. The average Bonchev–Trinajstić information content (AvgIpc) is 2.69. The molecule has 0 aliphatic heterocycles. The summed E-state index contributed by atoms with van der Waals surface area (Å²) in [5.41, 5.74) is 6.69. The number of nitrogens with zero attached hydrogens (tertiary/aromatic N) is 3. The van der Waals surface area contributed by atoms with Crippen LogP contribution >= 0.6 is 11.3 Å². The monoisotopic (exact) mass is 234 g/mol. The molecule has 5 heteroatoms. The third-order valence-electron chi connectivity index (χ3n) is 2.15. The molecule has 0 radical (unpaired) electrons. The van der Waals surface area contributed by atoms with E-state index in [2.05, 4.69) is 28.8 Å². The summed E-state index contributed by atoms with van der Waals surface area (Å²) in [7, 11) is 0. The number of anilines is 1. The number of nitrogens with two attached hydrogens (primary N) is 1. The predicted octanol–water partition coefficient (Wildman–Crippen LogP) is 2.23. The lowest BCUT2D eigenvalue weighted by molar-refractivity contribution is 0.763. The highest BCUT2D eigenvalue weighted by molar-refractivity contribution is 7.09. The molecule has 84 valence electrons. The third-order valence-corrected chi connectivity index (χ3v) is 2.93. The topological polar surface area (TPSA) is 64.7 Å². The normalized spacial score (nSPS) is 10.9. The van der Waals surface area contributed by atoms with E-state index in [0.717, 1.165) is 22.9 Å². The Morgan fingerprint density at radius 2 is 2.19 bits per heavy atom. The van der Waals surface area contributed by atoms with E-state index in [-0.39, 0.29) is 0 Å². The first kappa shape index (κ1) is 11.0. The van der Waals surface area contributed by atoms with Crippen LogP contribution in [0.15, 0.2) is 17.6 Å². The first-order valence-corrected chi connectivity index (χ1v) is 6.05. The van der Waals surface area contributed by atoms with E-state index in [1.165, 1.54) is 0 Å². The van der Waals surface area contributed by atoms with Gasteiger partial charge in [-0.05, 0) is 0 Å². The fraction of sp³-hybridized carbons (Fsp3) is 0.364. The zero-order chi connectivity index (χ0) is 11.5. The molecule has 0 spiro atoms. The van der Waals surface area contributed by atoms with Crippen molar-refractivity contribution in [2.75, 3.05) is 5.73 Å². The minimum absolute atomic E-state index is 0.290. The number of thiazole rings is 1. The van der Waals surface area contributed by atoms with Crippen LogP contribution in [0.1, 0.15) is 36.3 Å². The molecule has 2 aromatic heterocycles. The van der Waals surface area contributed by atoms with Gasteiger partial charge in [0.25, 0.3) is 0 Å². The summed E-state index contributed by atoms with van der Waals surface area (Å²) in [6.07, 6.45) is 2.53. The van der Waals surface area contributed by atoms with E-state index in [9.17, 15) is 0 Å². The first-order chi connectivity index (χ1) is 7.65. The summed E-state index contributed by atoms with van der Waals surface area (Å²) in [5, 5.41) is 3.01. The first-order valence-electron chi connectivity index (χ1n) is 5.17. The van der Waals surface area contributed by atoms with Crippen LogP contribution in [-0.2, 0) is 6.42 Å². The van der Waals surface area contributed by atoms with Gasteiger partial charge >= 0.3 is 0 Å². The van der Waals surface area contributed by atoms with Crippen molar-refractivity contribution in [1.82, 2.24) is 15.0 Å². The second kappa shape index (κ2) is 4.57. The number of rotatable bonds is 3. The van der Waals surface area contributed by atoms with Crippen molar-refractivity contribution in [1.29, 1.82) is 0 Å². The standard InChI is InChI=1S/C11H14N4S/c1-7(2)11-14-8(5-9(12)15-11)6-10-13-3-4-16-10/h3-5,7H,6H2,1-2H3,(H2,12,14,15). The van der Waals surface area contributed by atoms with Gasteiger partial charge in [-0.1, -0.05) is 13.8 Å². The van der Waals surface area contributed by atoms with E-state index in [1.54, 1.807) is 17.5 Å². The smallest absolute Gasteiger partial charge is 0.133 e. The van der Waals surface area contributed by atoms with Crippen LogP contribution in [0.25, 0.3) is 0 Å². The second-order valence-corrected chi connectivity index (χ2v) is 4.88. The van der Waals surface area contributed by atoms with E-state index in [1.807, 2.05) is 11.4 Å². The number of nitrogen functional groups attached to an aromatic ring is 1. The molecule has 2 rings (SSSR count). The number of hydrogen-bond acceptors (Lipinski definition) is 5. The predicted molar refractivity (Wildman–Crippen MR) is 65.5 cm³/mol. The molecule has 0 fully saturated rings. The number of hydrogen-bond donors (Lipinski definition) is 1. The summed E-state index contributed by atoms with van der Waals surface area (Å²) in [6.45, 7) is 4.11. The van der Waals surface area contributed by atoms with Gasteiger partial charge in [0.15, 0.2) is 0 Å². The molecule has 2 aromatic rings. The lowest BCUT2D eigenvalue weighted by atomic mass is 10.2. The van der Waals surface area contributed by atoms with Crippen LogP contribution in [-0.4, -0.2) is 15.0 Å². The Balaban J connectivity index is 2.27. The molecule has 0 saturated carbocycles. The van der Waals surface area contributed by atoms with Crippen LogP contribution < -0.4 is 5.73 Å². The molecular formula is C11H14N4S. The fourth-order valence-electron chi connectivity index (χ4n) is 1.38. The zero-order valence-electron chi connectivity index (χ0n) is 9.34.